The molecule has 0 radical (unpaired) electrons. The van der Waals surface area contributed by atoms with Gasteiger partial charge in [0.1, 0.15) is 5.76 Å². The van der Waals surface area contributed by atoms with Gasteiger partial charge in [0.2, 0.25) is 0 Å². The number of benzene rings is 1. The van der Waals surface area contributed by atoms with E-state index in [4.69, 9.17) is 9.15 Å². The van der Waals surface area contributed by atoms with Gasteiger partial charge >= 0.3 is 0 Å². The Morgan fingerprint density at radius 1 is 1.12 bits per heavy atom. The Kier molecular flexibility index (Phi) is 8.05. The minimum Gasteiger partial charge on any atom is -0.469 e. The van der Waals surface area contributed by atoms with E-state index >= 15 is 0 Å². The molecule has 25 heavy (non-hydrogen) atoms. The van der Waals surface area contributed by atoms with Crippen molar-refractivity contribution in [2.24, 2.45) is 4.99 Å². The fourth-order valence-electron chi connectivity index (χ4n) is 2.27. The molecule has 0 saturated carbocycles. The van der Waals surface area contributed by atoms with Crippen molar-refractivity contribution in [3.8, 4) is 0 Å². The number of rotatable bonds is 9. The predicted molar refractivity (Wildman–Crippen MR) is 102 cm³/mol. The van der Waals surface area contributed by atoms with Crippen molar-refractivity contribution in [3.63, 3.8) is 0 Å². The lowest BCUT2D eigenvalue weighted by atomic mass is 10.1. The van der Waals surface area contributed by atoms with Crippen LogP contribution in [0.1, 0.15) is 37.7 Å². The molecule has 136 valence electrons. The van der Waals surface area contributed by atoms with Gasteiger partial charge in [0, 0.05) is 19.5 Å². The van der Waals surface area contributed by atoms with Crippen molar-refractivity contribution < 1.29 is 9.15 Å². The number of furan rings is 1. The number of nitrogens with zero attached hydrogens (tertiary/aromatic N) is 1. The molecule has 5 heteroatoms. The summed E-state index contributed by atoms with van der Waals surface area (Å²) in [7, 11) is 0. The molecular weight excluding hydrogens is 314 g/mol. The number of nitrogens with one attached hydrogen (secondary N) is 2. The number of hydrogen-bond acceptors (Lipinski definition) is 3. The van der Waals surface area contributed by atoms with Crippen LogP contribution in [0.2, 0.25) is 0 Å². The highest BCUT2D eigenvalue weighted by Crippen LogP contribution is 2.08. The quantitative estimate of drug-likeness (QED) is 0.540. The largest absolute Gasteiger partial charge is 0.469 e. The molecule has 2 rings (SSSR count). The van der Waals surface area contributed by atoms with Crippen LogP contribution in [0.15, 0.2) is 52.1 Å². The van der Waals surface area contributed by atoms with Crippen molar-refractivity contribution >= 4 is 5.96 Å². The van der Waals surface area contributed by atoms with Gasteiger partial charge in [-0.15, -0.1) is 0 Å². The van der Waals surface area contributed by atoms with E-state index in [1.807, 2.05) is 26.0 Å². The third-order valence-electron chi connectivity index (χ3n) is 3.61. The van der Waals surface area contributed by atoms with E-state index in [1.165, 1.54) is 11.1 Å². The first-order valence-corrected chi connectivity index (χ1v) is 8.91. The lowest BCUT2D eigenvalue weighted by Crippen LogP contribution is -2.38. The fraction of sp³-hybridized carbons (Fsp3) is 0.450. The zero-order valence-electron chi connectivity index (χ0n) is 15.4. The molecule has 0 bridgehead atoms. The summed E-state index contributed by atoms with van der Waals surface area (Å²) in [6.45, 7) is 9.06. The molecule has 0 fully saturated rings. The van der Waals surface area contributed by atoms with E-state index in [0.29, 0.717) is 13.2 Å². The Morgan fingerprint density at radius 3 is 2.52 bits per heavy atom. The number of ether oxygens (including phenoxy) is 1. The zero-order valence-corrected chi connectivity index (χ0v) is 15.4. The second-order valence-electron chi connectivity index (χ2n) is 6.13. The Hall–Kier alpha value is -2.27. The van der Waals surface area contributed by atoms with Gasteiger partial charge in [-0.1, -0.05) is 24.3 Å². The van der Waals surface area contributed by atoms with Gasteiger partial charge in [-0.25, -0.2) is 4.99 Å². The van der Waals surface area contributed by atoms with Crippen molar-refractivity contribution in [1.82, 2.24) is 10.6 Å². The summed E-state index contributed by atoms with van der Waals surface area (Å²) >= 11 is 0. The topological polar surface area (TPSA) is 58.8 Å². The van der Waals surface area contributed by atoms with Crippen LogP contribution in [-0.4, -0.2) is 25.2 Å². The summed E-state index contributed by atoms with van der Waals surface area (Å²) in [5.74, 6) is 1.80. The molecule has 0 amide bonds. The summed E-state index contributed by atoms with van der Waals surface area (Å²) in [6, 6.07) is 12.3. The van der Waals surface area contributed by atoms with E-state index in [9.17, 15) is 0 Å². The molecule has 0 aliphatic rings. The van der Waals surface area contributed by atoms with Crippen LogP contribution in [0.4, 0.5) is 0 Å². The first kappa shape index (κ1) is 19.1. The van der Waals surface area contributed by atoms with Crippen LogP contribution in [0.3, 0.4) is 0 Å². The highest BCUT2D eigenvalue weighted by atomic mass is 16.5. The normalized spacial score (nSPS) is 11.8. The molecule has 2 N–H and O–H groups in total. The van der Waals surface area contributed by atoms with Crippen LogP contribution in [0.5, 0.6) is 0 Å². The van der Waals surface area contributed by atoms with Crippen molar-refractivity contribution in [1.29, 1.82) is 0 Å². The van der Waals surface area contributed by atoms with Crippen LogP contribution in [0.25, 0.3) is 0 Å². The average Bonchev–Trinajstić information content (AvgIpc) is 3.12. The Morgan fingerprint density at radius 2 is 1.88 bits per heavy atom. The first-order valence-electron chi connectivity index (χ1n) is 8.91. The minimum atomic E-state index is 0.249. The smallest absolute Gasteiger partial charge is 0.191 e. The lowest BCUT2D eigenvalue weighted by molar-refractivity contribution is 0.0657. The second kappa shape index (κ2) is 10.6. The Bertz CT molecular complexity index is 619. The second-order valence-corrected chi connectivity index (χ2v) is 6.13. The molecule has 0 aliphatic heterocycles. The summed E-state index contributed by atoms with van der Waals surface area (Å²) in [4.78, 5) is 4.64. The number of aliphatic imine (C=N–C) groups is 1. The predicted octanol–water partition coefficient (Wildman–Crippen LogP) is 3.50. The maximum absolute atomic E-state index is 5.62. The van der Waals surface area contributed by atoms with Crippen LogP contribution >= 0.6 is 0 Å². The van der Waals surface area contributed by atoms with E-state index in [0.717, 1.165) is 31.2 Å². The van der Waals surface area contributed by atoms with Gasteiger partial charge in [-0.3, -0.25) is 0 Å². The van der Waals surface area contributed by atoms with Crippen molar-refractivity contribution in [3.05, 3.63) is 59.5 Å². The minimum absolute atomic E-state index is 0.249. The summed E-state index contributed by atoms with van der Waals surface area (Å²) in [5, 5.41) is 6.60. The van der Waals surface area contributed by atoms with Gasteiger partial charge in [0.15, 0.2) is 5.96 Å². The summed E-state index contributed by atoms with van der Waals surface area (Å²) in [5.41, 5.74) is 2.36. The highest BCUT2D eigenvalue weighted by molar-refractivity contribution is 5.79. The van der Waals surface area contributed by atoms with Crippen molar-refractivity contribution in [2.45, 2.75) is 46.4 Å². The van der Waals surface area contributed by atoms with E-state index in [-0.39, 0.29) is 6.10 Å². The molecule has 0 atom stereocenters. The van der Waals surface area contributed by atoms with E-state index in [1.54, 1.807) is 6.26 Å². The molecule has 0 saturated heterocycles. The number of hydrogen-bond donors (Lipinski definition) is 2. The molecule has 0 spiro atoms. The molecule has 0 unspecified atom stereocenters. The van der Waals surface area contributed by atoms with E-state index in [2.05, 4.69) is 46.8 Å². The molecule has 5 nitrogen and oxygen atoms in total. The molecule has 2 aromatic rings. The SMILES string of the molecule is CCNC(=NCc1ccc(COC(C)C)cc1)NCCc1ccco1. The molecular formula is C20H29N3O2. The average molecular weight is 343 g/mol. The standard InChI is InChI=1S/C20H29N3O2/c1-4-21-20(22-12-11-19-6-5-13-24-19)23-14-17-7-9-18(10-8-17)15-25-16(2)3/h5-10,13,16H,4,11-12,14-15H2,1-3H3,(H2,21,22,23). The zero-order chi connectivity index (χ0) is 17.9. The third-order valence-corrected chi connectivity index (χ3v) is 3.61. The third kappa shape index (κ3) is 7.44. The molecule has 0 aliphatic carbocycles. The van der Waals surface area contributed by atoms with E-state index < -0.39 is 0 Å². The Balaban J connectivity index is 1.82. The van der Waals surface area contributed by atoms with Crippen LogP contribution in [-0.2, 0) is 24.3 Å². The summed E-state index contributed by atoms with van der Waals surface area (Å²) < 4.78 is 11.0. The van der Waals surface area contributed by atoms with Crippen LogP contribution < -0.4 is 10.6 Å². The molecule has 1 aromatic heterocycles. The van der Waals surface area contributed by atoms with Gasteiger partial charge < -0.3 is 19.8 Å². The number of guanidine groups is 1. The highest BCUT2D eigenvalue weighted by Gasteiger charge is 2.01. The fourth-order valence-corrected chi connectivity index (χ4v) is 2.27. The van der Waals surface area contributed by atoms with Crippen LogP contribution in [0, 0.1) is 0 Å². The Labute approximate surface area is 150 Å². The maximum atomic E-state index is 5.62. The summed E-state index contributed by atoms with van der Waals surface area (Å²) in [6.07, 6.45) is 2.78. The first-order chi connectivity index (χ1) is 12.2. The van der Waals surface area contributed by atoms with Gasteiger partial charge in [0.05, 0.1) is 25.5 Å². The monoisotopic (exact) mass is 343 g/mol. The molecule has 1 heterocycles. The van der Waals surface area contributed by atoms with Crippen molar-refractivity contribution in [2.75, 3.05) is 13.1 Å². The molecule has 1 aromatic carbocycles. The van der Waals surface area contributed by atoms with Gasteiger partial charge in [0.25, 0.3) is 0 Å². The van der Waals surface area contributed by atoms with Gasteiger partial charge in [-0.05, 0) is 44.0 Å². The maximum Gasteiger partial charge on any atom is 0.191 e. The van der Waals surface area contributed by atoms with Gasteiger partial charge in [-0.2, -0.15) is 0 Å². The lowest BCUT2D eigenvalue weighted by Gasteiger charge is -2.11.